The zero-order chi connectivity index (χ0) is 10.2. The summed E-state index contributed by atoms with van der Waals surface area (Å²) in [5.41, 5.74) is 0.234. The van der Waals surface area contributed by atoms with Crippen molar-refractivity contribution in [3.63, 3.8) is 0 Å². The maximum Gasteiger partial charge on any atom is 0.246 e. The van der Waals surface area contributed by atoms with E-state index < -0.39 is 33.6 Å². The maximum absolute atomic E-state index is 14.1. The van der Waals surface area contributed by atoms with Crippen molar-refractivity contribution in [3.05, 3.63) is 0 Å². The smallest absolute Gasteiger partial charge is 0.246 e. The summed E-state index contributed by atoms with van der Waals surface area (Å²) in [4.78, 5) is 0. The van der Waals surface area contributed by atoms with Crippen LogP contribution in [0.1, 0.15) is 0 Å². The predicted molar refractivity (Wildman–Crippen MR) is 56.3 cm³/mol. The van der Waals surface area contributed by atoms with Crippen molar-refractivity contribution in [1.82, 2.24) is 0 Å². The second-order valence-electron chi connectivity index (χ2n) is 5.66. The van der Waals surface area contributed by atoms with Crippen LogP contribution in [0.2, 0.25) is 34.0 Å². The van der Waals surface area contributed by atoms with Gasteiger partial charge in [-0.3, -0.25) is 0 Å². The SMILES string of the molecule is F[Si]12C[Si]3(F)C[Si](F)(C1)C[Si](F)(C2)C3. The third kappa shape index (κ3) is 1.26. The van der Waals surface area contributed by atoms with E-state index in [0.717, 1.165) is 0 Å². The van der Waals surface area contributed by atoms with Crippen molar-refractivity contribution >= 4 is 33.6 Å². The highest BCUT2D eigenvalue weighted by molar-refractivity contribution is 7.24. The molecule has 4 bridgehead atoms. The Balaban J connectivity index is 2.08. The molecule has 0 spiro atoms. The minimum absolute atomic E-state index is 0.0390. The minimum atomic E-state index is -3.26. The number of hydrogen-bond acceptors (Lipinski definition) is 0. The van der Waals surface area contributed by atoms with Crippen LogP contribution >= 0.6 is 0 Å². The summed E-state index contributed by atoms with van der Waals surface area (Å²) < 4.78 is 56.6. The molecule has 14 heavy (non-hydrogen) atoms. The van der Waals surface area contributed by atoms with Gasteiger partial charge in [-0.15, -0.1) is 0 Å². The molecule has 0 atom stereocenters. The Morgan fingerprint density at radius 1 is 0.429 bits per heavy atom. The molecule has 0 aliphatic carbocycles. The second kappa shape index (κ2) is 2.30. The molecule has 80 valence electrons. The summed E-state index contributed by atoms with van der Waals surface area (Å²) in [6, 6.07) is 0. The zero-order valence-electron chi connectivity index (χ0n) is 7.75. The molecule has 0 saturated carbocycles. The van der Waals surface area contributed by atoms with Crippen LogP contribution in [0.4, 0.5) is 16.4 Å². The first kappa shape index (κ1) is 9.79. The van der Waals surface area contributed by atoms with Gasteiger partial charge in [-0.2, -0.15) is 0 Å². The molecule has 0 aromatic heterocycles. The molecular formula is C6H12F4Si4. The van der Waals surface area contributed by atoms with E-state index in [0.29, 0.717) is 0 Å². The molecule has 0 amide bonds. The lowest BCUT2D eigenvalue weighted by Gasteiger charge is -2.55. The fraction of sp³-hybridized carbons (Fsp3) is 1.00. The molecule has 4 fully saturated rings. The van der Waals surface area contributed by atoms with Crippen LogP contribution in [0.15, 0.2) is 0 Å². The van der Waals surface area contributed by atoms with Gasteiger partial charge in [-0.1, -0.05) is 0 Å². The molecule has 4 aliphatic heterocycles. The molecule has 0 unspecified atom stereocenters. The van der Waals surface area contributed by atoms with Crippen LogP contribution in [0, 0.1) is 0 Å². The van der Waals surface area contributed by atoms with E-state index in [-0.39, 0.29) is 34.0 Å². The van der Waals surface area contributed by atoms with E-state index in [1.165, 1.54) is 0 Å². The topological polar surface area (TPSA) is 0 Å². The largest absolute Gasteiger partial charge is 0.314 e. The first-order valence-electron chi connectivity index (χ1n) is 5.00. The first-order chi connectivity index (χ1) is 6.24. The van der Waals surface area contributed by atoms with Crippen LogP contribution < -0.4 is 0 Å². The highest BCUT2D eigenvalue weighted by atomic mass is 28.6. The lowest BCUT2D eigenvalue weighted by atomic mass is 11.6. The van der Waals surface area contributed by atoms with Crippen LogP contribution in [0.3, 0.4) is 0 Å². The van der Waals surface area contributed by atoms with Crippen molar-refractivity contribution < 1.29 is 16.4 Å². The Kier molecular flexibility index (Phi) is 1.61. The van der Waals surface area contributed by atoms with E-state index in [9.17, 15) is 16.4 Å². The fourth-order valence-corrected chi connectivity index (χ4v) is 50.9. The Hall–Kier alpha value is 0.588. The summed E-state index contributed by atoms with van der Waals surface area (Å²) >= 11 is 0. The van der Waals surface area contributed by atoms with Crippen LogP contribution in [-0.4, -0.2) is 33.6 Å². The minimum Gasteiger partial charge on any atom is -0.314 e. The van der Waals surface area contributed by atoms with E-state index in [4.69, 9.17) is 0 Å². The Morgan fingerprint density at radius 3 is 0.714 bits per heavy atom. The molecule has 0 N–H and O–H groups in total. The quantitative estimate of drug-likeness (QED) is 0.361. The maximum atomic E-state index is 14.1. The Labute approximate surface area is 84.4 Å². The number of rotatable bonds is 0. The third-order valence-electron chi connectivity index (χ3n) is 3.80. The van der Waals surface area contributed by atoms with E-state index in [1.54, 1.807) is 0 Å². The van der Waals surface area contributed by atoms with E-state index in [2.05, 4.69) is 0 Å². The average Bonchev–Trinajstić information content (AvgIpc) is 1.67. The second-order valence-corrected chi connectivity index (χ2v) is 23.4. The van der Waals surface area contributed by atoms with Gasteiger partial charge >= 0.3 is 0 Å². The molecule has 0 aromatic rings. The lowest BCUT2D eigenvalue weighted by molar-refractivity contribution is 0.652. The summed E-state index contributed by atoms with van der Waals surface area (Å²) in [5.74, 6) is 0. The van der Waals surface area contributed by atoms with Gasteiger partial charge in [0.05, 0.1) is 0 Å². The molecule has 8 heteroatoms. The van der Waals surface area contributed by atoms with Crippen molar-refractivity contribution in [2.75, 3.05) is 0 Å². The fourth-order valence-electron chi connectivity index (χ4n) is 4.16. The van der Waals surface area contributed by atoms with Crippen molar-refractivity contribution in [3.8, 4) is 0 Å². The number of hydrogen-bond donors (Lipinski definition) is 0. The molecule has 0 nitrogen and oxygen atoms in total. The Morgan fingerprint density at radius 2 is 0.571 bits per heavy atom. The van der Waals surface area contributed by atoms with Crippen molar-refractivity contribution in [1.29, 1.82) is 0 Å². The summed E-state index contributed by atoms with van der Waals surface area (Å²) in [6.07, 6.45) is 0. The van der Waals surface area contributed by atoms with Crippen LogP contribution in [-0.2, 0) is 0 Å². The molecular weight excluding hydrogens is 260 g/mol. The summed E-state index contributed by atoms with van der Waals surface area (Å²) in [7, 11) is -13.0. The number of halogens is 4. The summed E-state index contributed by atoms with van der Waals surface area (Å²) in [5, 5.41) is 0. The molecule has 0 radical (unpaired) electrons. The predicted octanol–water partition coefficient (Wildman–Crippen LogP) is 2.92. The van der Waals surface area contributed by atoms with Gasteiger partial charge in [0.2, 0.25) is 33.6 Å². The van der Waals surface area contributed by atoms with Crippen molar-refractivity contribution in [2.45, 2.75) is 34.0 Å². The molecule has 4 rings (SSSR count). The molecule has 4 heterocycles. The van der Waals surface area contributed by atoms with Gasteiger partial charge < -0.3 is 16.4 Å². The summed E-state index contributed by atoms with van der Waals surface area (Å²) in [6.45, 7) is 0. The van der Waals surface area contributed by atoms with Gasteiger partial charge in [-0.05, 0) is 34.0 Å². The standard InChI is InChI=1S/C6H12F4Si4/c7-11-1-12(8)4-13(9,2-11)6-14(10,3-11)5-12/h1-6H2. The van der Waals surface area contributed by atoms with Gasteiger partial charge in [0.15, 0.2) is 0 Å². The van der Waals surface area contributed by atoms with Crippen LogP contribution in [0.5, 0.6) is 0 Å². The highest BCUT2D eigenvalue weighted by Crippen LogP contribution is 2.61. The molecule has 0 aromatic carbocycles. The highest BCUT2D eigenvalue weighted by Gasteiger charge is 2.76. The monoisotopic (exact) mass is 272 g/mol. The molecule has 4 saturated heterocycles. The van der Waals surface area contributed by atoms with Gasteiger partial charge in [-0.25, -0.2) is 0 Å². The normalized spacial score (nSPS) is 66.0. The van der Waals surface area contributed by atoms with Crippen molar-refractivity contribution in [2.24, 2.45) is 0 Å². The lowest BCUT2D eigenvalue weighted by Crippen LogP contribution is -2.73. The average molecular weight is 272 g/mol. The third-order valence-corrected chi connectivity index (χ3v) is 34.2. The Bertz CT molecular complexity index is 215. The van der Waals surface area contributed by atoms with E-state index >= 15 is 0 Å². The first-order valence-corrected chi connectivity index (χ1v) is 15.0. The zero-order valence-corrected chi connectivity index (χ0v) is 11.8. The van der Waals surface area contributed by atoms with Gasteiger partial charge in [0, 0.05) is 0 Å². The van der Waals surface area contributed by atoms with Gasteiger partial charge in [0.25, 0.3) is 0 Å². The van der Waals surface area contributed by atoms with Gasteiger partial charge in [0.1, 0.15) is 0 Å². The van der Waals surface area contributed by atoms with E-state index in [1.807, 2.05) is 0 Å². The molecule has 4 aliphatic rings. The van der Waals surface area contributed by atoms with Crippen LogP contribution in [0.25, 0.3) is 0 Å².